The van der Waals surface area contributed by atoms with Crippen molar-refractivity contribution in [3.63, 3.8) is 0 Å². The van der Waals surface area contributed by atoms with Gasteiger partial charge in [-0.3, -0.25) is 9.59 Å². The van der Waals surface area contributed by atoms with E-state index >= 15 is 0 Å². The van der Waals surface area contributed by atoms with Gasteiger partial charge >= 0.3 is 0 Å². The first-order valence-electron chi connectivity index (χ1n) is 9.50. The van der Waals surface area contributed by atoms with E-state index in [1.807, 2.05) is 62.4 Å². The van der Waals surface area contributed by atoms with Gasteiger partial charge in [-0.25, -0.2) is 0 Å². The maximum Gasteiger partial charge on any atom is 0.256 e. The van der Waals surface area contributed by atoms with Crippen LogP contribution in [0.15, 0.2) is 71.6 Å². The molecule has 0 saturated carbocycles. The molecule has 6 heteroatoms. The number of carbonyl (C=O) groups is 2. The van der Waals surface area contributed by atoms with E-state index in [0.29, 0.717) is 17.0 Å². The number of amides is 2. The topological polar surface area (TPSA) is 67.4 Å². The minimum atomic E-state index is -0.194. The van der Waals surface area contributed by atoms with Crippen LogP contribution in [0.5, 0.6) is 5.75 Å². The van der Waals surface area contributed by atoms with Crippen LogP contribution in [-0.4, -0.2) is 24.7 Å². The monoisotopic (exact) mass is 420 g/mol. The summed E-state index contributed by atoms with van der Waals surface area (Å²) in [6.45, 7) is 3.94. The molecule has 0 aliphatic rings. The summed E-state index contributed by atoms with van der Waals surface area (Å²) in [6, 6.07) is 20.4. The number of benzene rings is 3. The van der Waals surface area contributed by atoms with E-state index < -0.39 is 0 Å². The van der Waals surface area contributed by atoms with Crippen molar-refractivity contribution < 1.29 is 14.3 Å². The molecule has 0 spiro atoms. The Balaban J connectivity index is 1.66. The third-order valence-electron chi connectivity index (χ3n) is 4.49. The molecule has 0 aliphatic carbocycles. The van der Waals surface area contributed by atoms with Gasteiger partial charge in [-0.1, -0.05) is 30.3 Å². The maximum absolute atomic E-state index is 12.9. The van der Waals surface area contributed by atoms with Crippen LogP contribution in [0, 0.1) is 13.8 Å². The standard InChI is InChI=1S/C24H24N2O3S/c1-16-11-12-17(2)21(13-16)26-24(28)20-9-4-5-10-22(20)30-15-23(27)25-18-7-6-8-19(14-18)29-3/h4-14H,15H2,1-3H3,(H,25,27)(H,26,28). The van der Waals surface area contributed by atoms with Gasteiger partial charge in [0.05, 0.1) is 18.4 Å². The van der Waals surface area contributed by atoms with Crippen molar-refractivity contribution in [2.75, 3.05) is 23.5 Å². The van der Waals surface area contributed by atoms with Gasteiger partial charge < -0.3 is 15.4 Å². The normalized spacial score (nSPS) is 10.4. The van der Waals surface area contributed by atoms with Crippen LogP contribution in [0.4, 0.5) is 11.4 Å². The average molecular weight is 421 g/mol. The van der Waals surface area contributed by atoms with E-state index in [2.05, 4.69) is 10.6 Å². The summed E-state index contributed by atoms with van der Waals surface area (Å²) < 4.78 is 5.17. The molecule has 2 N–H and O–H groups in total. The number of methoxy groups -OCH3 is 1. The third kappa shape index (κ3) is 5.64. The Hall–Kier alpha value is -3.25. The molecular formula is C24H24N2O3S. The fourth-order valence-corrected chi connectivity index (χ4v) is 3.73. The van der Waals surface area contributed by atoms with Crippen LogP contribution in [-0.2, 0) is 4.79 Å². The Bertz CT molecular complexity index is 1070. The van der Waals surface area contributed by atoms with Crippen LogP contribution in [0.25, 0.3) is 0 Å². The van der Waals surface area contributed by atoms with Gasteiger partial charge in [0.15, 0.2) is 0 Å². The first kappa shape index (κ1) is 21.5. The number of nitrogens with one attached hydrogen (secondary N) is 2. The summed E-state index contributed by atoms with van der Waals surface area (Å²) in [5.41, 5.74) is 4.07. The number of thioether (sulfide) groups is 1. The molecule has 0 fully saturated rings. The van der Waals surface area contributed by atoms with Gasteiger partial charge in [-0.05, 0) is 55.3 Å². The summed E-state index contributed by atoms with van der Waals surface area (Å²) in [7, 11) is 1.58. The molecular weight excluding hydrogens is 396 g/mol. The van der Waals surface area contributed by atoms with Gasteiger partial charge in [0.25, 0.3) is 5.91 Å². The predicted molar refractivity (Wildman–Crippen MR) is 123 cm³/mol. The highest BCUT2D eigenvalue weighted by Gasteiger charge is 2.14. The van der Waals surface area contributed by atoms with Crippen LogP contribution < -0.4 is 15.4 Å². The minimum absolute atomic E-state index is 0.155. The molecule has 154 valence electrons. The number of hydrogen-bond donors (Lipinski definition) is 2. The lowest BCUT2D eigenvalue weighted by molar-refractivity contribution is -0.113. The van der Waals surface area contributed by atoms with E-state index in [0.717, 1.165) is 21.7 Å². The van der Waals surface area contributed by atoms with Crippen molar-refractivity contribution in [3.8, 4) is 5.75 Å². The van der Waals surface area contributed by atoms with Gasteiger partial charge in [0, 0.05) is 22.3 Å². The molecule has 3 aromatic rings. The highest BCUT2D eigenvalue weighted by atomic mass is 32.2. The highest BCUT2D eigenvalue weighted by molar-refractivity contribution is 8.00. The third-order valence-corrected chi connectivity index (χ3v) is 5.56. The molecule has 30 heavy (non-hydrogen) atoms. The summed E-state index contributed by atoms with van der Waals surface area (Å²) >= 11 is 1.33. The molecule has 0 atom stereocenters. The molecule has 0 aliphatic heterocycles. The lowest BCUT2D eigenvalue weighted by Crippen LogP contribution is -2.16. The zero-order chi connectivity index (χ0) is 21.5. The number of aryl methyl sites for hydroxylation is 2. The van der Waals surface area contributed by atoms with Crippen LogP contribution in [0.1, 0.15) is 21.5 Å². The second-order valence-corrected chi connectivity index (χ2v) is 7.85. The summed E-state index contributed by atoms with van der Waals surface area (Å²) in [5.74, 6) is 0.511. The second-order valence-electron chi connectivity index (χ2n) is 6.84. The zero-order valence-electron chi connectivity index (χ0n) is 17.2. The number of rotatable bonds is 7. The Kier molecular flexibility index (Phi) is 7.14. The van der Waals surface area contributed by atoms with Gasteiger partial charge in [0.1, 0.15) is 5.75 Å². The van der Waals surface area contributed by atoms with Crippen molar-refractivity contribution in [2.45, 2.75) is 18.7 Å². The van der Waals surface area contributed by atoms with Crippen LogP contribution in [0.3, 0.4) is 0 Å². The predicted octanol–water partition coefficient (Wildman–Crippen LogP) is 5.30. The molecule has 2 amide bonds. The highest BCUT2D eigenvalue weighted by Crippen LogP contribution is 2.25. The molecule has 5 nitrogen and oxygen atoms in total. The second kappa shape index (κ2) is 9.98. The molecule has 0 unspecified atom stereocenters. The van der Waals surface area contributed by atoms with Crippen molar-refractivity contribution in [3.05, 3.63) is 83.4 Å². The van der Waals surface area contributed by atoms with Gasteiger partial charge in [-0.15, -0.1) is 11.8 Å². The SMILES string of the molecule is COc1cccc(NC(=O)CSc2ccccc2C(=O)Nc2cc(C)ccc2C)c1. The molecule has 0 aromatic heterocycles. The summed E-state index contributed by atoms with van der Waals surface area (Å²) in [6.07, 6.45) is 0. The first-order valence-corrected chi connectivity index (χ1v) is 10.5. The largest absolute Gasteiger partial charge is 0.497 e. The van der Waals surface area contributed by atoms with Crippen molar-refractivity contribution >= 4 is 35.0 Å². The molecule has 0 heterocycles. The van der Waals surface area contributed by atoms with E-state index in [-0.39, 0.29) is 17.6 Å². The fraction of sp³-hybridized carbons (Fsp3) is 0.167. The number of hydrogen-bond acceptors (Lipinski definition) is 4. The van der Waals surface area contributed by atoms with Crippen molar-refractivity contribution in [1.29, 1.82) is 0 Å². The quantitative estimate of drug-likeness (QED) is 0.509. The minimum Gasteiger partial charge on any atom is -0.497 e. The Labute approximate surface area is 180 Å². The number of ether oxygens (including phenoxy) is 1. The molecule has 3 rings (SSSR count). The van der Waals surface area contributed by atoms with Crippen molar-refractivity contribution in [1.82, 2.24) is 0 Å². The molecule has 0 radical (unpaired) electrons. The van der Waals surface area contributed by atoms with Crippen LogP contribution in [0.2, 0.25) is 0 Å². The zero-order valence-corrected chi connectivity index (χ0v) is 18.0. The Morgan fingerprint density at radius 1 is 0.933 bits per heavy atom. The average Bonchev–Trinajstić information content (AvgIpc) is 2.75. The number of carbonyl (C=O) groups excluding carboxylic acids is 2. The fourth-order valence-electron chi connectivity index (χ4n) is 2.88. The molecule has 3 aromatic carbocycles. The smallest absolute Gasteiger partial charge is 0.256 e. The van der Waals surface area contributed by atoms with E-state index in [1.54, 1.807) is 25.3 Å². The maximum atomic E-state index is 12.9. The lowest BCUT2D eigenvalue weighted by Gasteiger charge is -2.12. The first-order chi connectivity index (χ1) is 14.5. The molecule has 0 bridgehead atoms. The summed E-state index contributed by atoms with van der Waals surface area (Å²) in [4.78, 5) is 26.0. The lowest BCUT2D eigenvalue weighted by atomic mass is 10.1. The van der Waals surface area contributed by atoms with E-state index in [4.69, 9.17) is 4.74 Å². The Morgan fingerprint density at radius 2 is 1.73 bits per heavy atom. The van der Waals surface area contributed by atoms with Gasteiger partial charge in [0.2, 0.25) is 5.91 Å². The number of anilines is 2. The van der Waals surface area contributed by atoms with Crippen LogP contribution >= 0.6 is 11.8 Å². The Morgan fingerprint density at radius 3 is 2.53 bits per heavy atom. The molecule has 0 saturated heterocycles. The van der Waals surface area contributed by atoms with E-state index in [9.17, 15) is 9.59 Å². The van der Waals surface area contributed by atoms with Crippen molar-refractivity contribution in [2.24, 2.45) is 0 Å². The van der Waals surface area contributed by atoms with Gasteiger partial charge in [-0.2, -0.15) is 0 Å². The summed E-state index contributed by atoms with van der Waals surface area (Å²) in [5, 5.41) is 5.83. The van der Waals surface area contributed by atoms with E-state index in [1.165, 1.54) is 11.8 Å².